The first-order valence-corrected chi connectivity index (χ1v) is 10.2. The summed E-state index contributed by atoms with van der Waals surface area (Å²) >= 11 is 1.39. The van der Waals surface area contributed by atoms with E-state index in [1.807, 2.05) is 35.7 Å². The summed E-state index contributed by atoms with van der Waals surface area (Å²) in [4.78, 5) is 30.2. The summed E-state index contributed by atoms with van der Waals surface area (Å²) in [6.45, 7) is -0.220. The molecule has 8 nitrogen and oxygen atoms in total. The number of aromatic nitrogens is 2. The van der Waals surface area contributed by atoms with Crippen LogP contribution in [0.1, 0.15) is 5.56 Å². The SMILES string of the molecule is COc1cc(C=NNC(=O)Cn2cnc3scc(-c4ccccc4)c3c2=O)ccc1O. The average Bonchev–Trinajstić information content (AvgIpc) is 3.22. The van der Waals surface area contributed by atoms with Crippen LogP contribution in [-0.4, -0.2) is 33.9 Å². The topological polar surface area (TPSA) is 106 Å². The molecule has 0 bridgehead atoms. The highest BCUT2D eigenvalue weighted by Gasteiger charge is 2.14. The van der Waals surface area contributed by atoms with Crippen LogP contribution in [0.3, 0.4) is 0 Å². The van der Waals surface area contributed by atoms with Gasteiger partial charge < -0.3 is 9.84 Å². The second-order valence-corrected chi connectivity index (χ2v) is 7.46. The van der Waals surface area contributed by atoms with Crippen molar-refractivity contribution in [2.24, 2.45) is 5.10 Å². The Balaban J connectivity index is 1.51. The van der Waals surface area contributed by atoms with Gasteiger partial charge in [-0.15, -0.1) is 11.3 Å². The van der Waals surface area contributed by atoms with Crippen LogP contribution >= 0.6 is 11.3 Å². The van der Waals surface area contributed by atoms with Crippen molar-refractivity contribution in [1.29, 1.82) is 0 Å². The van der Waals surface area contributed by atoms with Crippen molar-refractivity contribution < 1.29 is 14.6 Å². The van der Waals surface area contributed by atoms with Crippen LogP contribution in [0.4, 0.5) is 0 Å². The number of ether oxygens (including phenoxy) is 1. The minimum absolute atomic E-state index is 0.00857. The molecule has 2 N–H and O–H groups in total. The Bertz CT molecular complexity index is 1330. The fourth-order valence-corrected chi connectivity index (χ4v) is 3.96. The van der Waals surface area contributed by atoms with Crippen LogP contribution in [-0.2, 0) is 11.3 Å². The van der Waals surface area contributed by atoms with Crippen LogP contribution in [0.25, 0.3) is 21.3 Å². The monoisotopic (exact) mass is 434 g/mol. The molecule has 0 aliphatic carbocycles. The third kappa shape index (κ3) is 4.31. The molecule has 4 aromatic rings. The van der Waals surface area contributed by atoms with E-state index in [0.29, 0.717) is 21.5 Å². The third-order valence-electron chi connectivity index (χ3n) is 4.57. The molecule has 0 aliphatic heterocycles. The Hall–Kier alpha value is -3.98. The number of carbonyl (C=O) groups is 1. The van der Waals surface area contributed by atoms with E-state index in [2.05, 4.69) is 15.5 Å². The predicted molar refractivity (Wildman–Crippen MR) is 120 cm³/mol. The van der Waals surface area contributed by atoms with Gasteiger partial charge in [0.05, 0.1) is 25.0 Å². The molecule has 31 heavy (non-hydrogen) atoms. The number of rotatable bonds is 6. The normalized spacial score (nSPS) is 11.1. The van der Waals surface area contributed by atoms with E-state index in [1.165, 1.54) is 41.6 Å². The standard InChI is InChI=1S/C22H18N4O4S/c1-30-18-9-14(7-8-17(18)27)10-24-25-19(28)11-26-13-23-21-20(22(26)29)16(12-31-21)15-5-3-2-4-6-15/h2-10,12-13,27H,11H2,1H3,(H,25,28). The molecule has 0 fully saturated rings. The number of methoxy groups -OCH3 is 1. The molecule has 0 saturated carbocycles. The molecule has 0 aliphatic rings. The number of nitrogens with zero attached hydrogens (tertiary/aromatic N) is 3. The van der Waals surface area contributed by atoms with Gasteiger partial charge in [0.15, 0.2) is 11.5 Å². The lowest BCUT2D eigenvalue weighted by Crippen LogP contribution is -2.30. The number of carbonyl (C=O) groups excluding carboxylic acids is 1. The summed E-state index contributed by atoms with van der Waals surface area (Å²) in [5.74, 6) is -0.165. The molecule has 2 aromatic carbocycles. The van der Waals surface area contributed by atoms with Gasteiger partial charge >= 0.3 is 0 Å². The number of benzene rings is 2. The molecule has 0 radical (unpaired) electrons. The predicted octanol–water partition coefficient (Wildman–Crippen LogP) is 2.99. The van der Waals surface area contributed by atoms with Crippen molar-refractivity contribution in [3.8, 4) is 22.6 Å². The van der Waals surface area contributed by atoms with Gasteiger partial charge in [0.2, 0.25) is 0 Å². The highest BCUT2D eigenvalue weighted by Crippen LogP contribution is 2.30. The Morgan fingerprint density at radius 2 is 2.10 bits per heavy atom. The fourth-order valence-electron chi connectivity index (χ4n) is 3.05. The summed E-state index contributed by atoms with van der Waals surface area (Å²) in [6.07, 6.45) is 2.78. The lowest BCUT2D eigenvalue weighted by atomic mass is 10.1. The average molecular weight is 434 g/mol. The van der Waals surface area contributed by atoms with Gasteiger partial charge in [-0.25, -0.2) is 10.4 Å². The number of thiophene rings is 1. The zero-order valence-electron chi connectivity index (χ0n) is 16.5. The van der Waals surface area contributed by atoms with Crippen molar-refractivity contribution in [2.75, 3.05) is 7.11 Å². The van der Waals surface area contributed by atoms with Crippen LogP contribution in [0.15, 0.2) is 70.1 Å². The molecular formula is C22H18N4O4S. The van der Waals surface area contributed by atoms with Gasteiger partial charge in [0.1, 0.15) is 11.4 Å². The highest BCUT2D eigenvalue weighted by atomic mass is 32.1. The molecule has 0 atom stereocenters. The summed E-state index contributed by atoms with van der Waals surface area (Å²) in [5.41, 5.74) is 4.45. The number of fused-ring (bicyclic) bond motifs is 1. The second kappa shape index (κ2) is 8.80. The number of hydrogen-bond donors (Lipinski definition) is 2. The minimum atomic E-state index is -0.471. The smallest absolute Gasteiger partial charge is 0.263 e. The summed E-state index contributed by atoms with van der Waals surface area (Å²) in [5, 5.41) is 15.9. The zero-order valence-corrected chi connectivity index (χ0v) is 17.3. The third-order valence-corrected chi connectivity index (χ3v) is 5.45. The van der Waals surface area contributed by atoms with Crippen LogP contribution in [0.5, 0.6) is 11.5 Å². The van der Waals surface area contributed by atoms with Crippen LogP contribution in [0, 0.1) is 0 Å². The summed E-state index contributed by atoms with van der Waals surface area (Å²) in [6, 6.07) is 14.2. The number of phenols is 1. The molecule has 156 valence electrons. The van der Waals surface area contributed by atoms with Gasteiger partial charge in [0.25, 0.3) is 11.5 Å². The Labute approximate surface area is 181 Å². The Morgan fingerprint density at radius 1 is 1.29 bits per heavy atom. The van der Waals surface area contributed by atoms with Crippen molar-refractivity contribution in [3.05, 3.63) is 76.2 Å². The van der Waals surface area contributed by atoms with Crippen molar-refractivity contribution in [1.82, 2.24) is 15.0 Å². The number of amides is 1. The van der Waals surface area contributed by atoms with E-state index in [1.54, 1.807) is 12.1 Å². The maximum atomic E-state index is 13.0. The quantitative estimate of drug-likeness (QED) is 0.359. The van der Waals surface area contributed by atoms with E-state index < -0.39 is 5.91 Å². The first-order valence-electron chi connectivity index (χ1n) is 9.28. The zero-order chi connectivity index (χ0) is 21.8. The highest BCUT2D eigenvalue weighted by molar-refractivity contribution is 7.17. The number of nitrogens with one attached hydrogen (secondary N) is 1. The van der Waals surface area contributed by atoms with Gasteiger partial charge in [-0.1, -0.05) is 30.3 Å². The molecule has 2 heterocycles. The van der Waals surface area contributed by atoms with Gasteiger partial charge in [-0.3, -0.25) is 14.2 Å². The molecular weight excluding hydrogens is 416 g/mol. The fraction of sp³-hybridized carbons (Fsp3) is 0.0909. The molecule has 0 saturated heterocycles. The molecule has 4 rings (SSSR count). The van der Waals surface area contributed by atoms with Gasteiger partial charge in [-0.05, 0) is 29.3 Å². The minimum Gasteiger partial charge on any atom is -0.504 e. The van der Waals surface area contributed by atoms with Crippen molar-refractivity contribution in [2.45, 2.75) is 6.54 Å². The number of phenolic OH excluding ortho intramolecular Hbond substituents is 1. The van der Waals surface area contributed by atoms with Crippen molar-refractivity contribution >= 4 is 33.7 Å². The Kier molecular flexibility index (Phi) is 5.76. The first kappa shape index (κ1) is 20.3. The largest absolute Gasteiger partial charge is 0.504 e. The molecule has 1 amide bonds. The maximum absolute atomic E-state index is 13.0. The van der Waals surface area contributed by atoms with E-state index >= 15 is 0 Å². The first-order chi connectivity index (χ1) is 15.1. The summed E-state index contributed by atoms with van der Waals surface area (Å²) in [7, 11) is 1.44. The number of aromatic hydroxyl groups is 1. The van der Waals surface area contributed by atoms with E-state index in [9.17, 15) is 14.7 Å². The van der Waals surface area contributed by atoms with E-state index in [4.69, 9.17) is 4.74 Å². The number of hydrogen-bond acceptors (Lipinski definition) is 7. The molecule has 9 heteroatoms. The van der Waals surface area contributed by atoms with Crippen LogP contribution < -0.4 is 15.7 Å². The number of hydrazone groups is 1. The van der Waals surface area contributed by atoms with Gasteiger partial charge in [0, 0.05) is 10.9 Å². The second-order valence-electron chi connectivity index (χ2n) is 6.60. The molecule has 0 spiro atoms. The lowest BCUT2D eigenvalue weighted by molar-refractivity contribution is -0.121. The lowest BCUT2D eigenvalue weighted by Gasteiger charge is -2.06. The molecule has 2 aromatic heterocycles. The summed E-state index contributed by atoms with van der Waals surface area (Å²) < 4.78 is 6.29. The Morgan fingerprint density at radius 3 is 2.87 bits per heavy atom. The van der Waals surface area contributed by atoms with Crippen molar-refractivity contribution in [3.63, 3.8) is 0 Å². The van der Waals surface area contributed by atoms with Crippen LogP contribution in [0.2, 0.25) is 0 Å². The van der Waals surface area contributed by atoms with E-state index in [-0.39, 0.29) is 17.9 Å². The maximum Gasteiger partial charge on any atom is 0.263 e. The molecule has 0 unspecified atom stereocenters. The van der Waals surface area contributed by atoms with E-state index in [0.717, 1.165) is 11.1 Å². The van der Waals surface area contributed by atoms with Gasteiger partial charge in [-0.2, -0.15) is 5.10 Å².